The molecule has 2 unspecified atom stereocenters. The van der Waals surface area contributed by atoms with E-state index in [2.05, 4.69) is 4.99 Å². The van der Waals surface area contributed by atoms with E-state index in [1.165, 1.54) is 39.8 Å². The van der Waals surface area contributed by atoms with Crippen molar-refractivity contribution in [3.05, 3.63) is 58.4 Å². The van der Waals surface area contributed by atoms with Crippen LogP contribution in [0.25, 0.3) is 0 Å². The van der Waals surface area contributed by atoms with Gasteiger partial charge in [-0.25, -0.2) is 4.79 Å². The second-order valence-electron chi connectivity index (χ2n) is 9.39. The molecule has 37 heavy (non-hydrogen) atoms. The van der Waals surface area contributed by atoms with Gasteiger partial charge in [0, 0.05) is 23.8 Å². The summed E-state index contributed by atoms with van der Waals surface area (Å²) in [6.45, 7) is 5.40. The molecule has 1 aliphatic carbocycles. The van der Waals surface area contributed by atoms with E-state index in [0.29, 0.717) is 5.56 Å². The number of aliphatic carboxylic acids is 1. The van der Waals surface area contributed by atoms with Crippen LogP contribution >= 0.6 is 0 Å². The van der Waals surface area contributed by atoms with Gasteiger partial charge in [-0.05, 0) is 45.4 Å². The molecule has 4 N–H and O–H groups in total. The predicted octanol–water partition coefficient (Wildman–Crippen LogP) is 2.77. The molecule has 2 aromatic carbocycles. The number of hydrogen-bond donors (Lipinski definition) is 4. The van der Waals surface area contributed by atoms with Crippen molar-refractivity contribution in [2.24, 2.45) is 10.9 Å². The van der Waals surface area contributed by atoms with Gasteiger partial charge < -0.3 is 25.2 Å². The van der Waals surface area contributed by atoms with Crippen LogP contribution < -0.4 is 4.74 Å². The zero-order valence-electron chi connectivity index (χ0n) is 20.5. The van der Waals surface area contributed by atoms with Gasteiger partial charge in [-0.3, -0.25) is 19.4 Å². The average molecular weight is 507 g/mol. The zero-order chi connectivity index (χ0) is 27.4. The van der Waals surface area contributed by atoms with Gasteiger partial charge in [0.1, 0.15) is 45.7 Å². The molecule has 1 aliphatic heterocycles. The van der Waals surface area contributed by atoms with E-state index in [9.17, 15) is 39.6 Å². The summed E-state index contributed by atoms with van der Waals surface area (Å²) in [6, 6.07) is 4.59. The van der Waals surface area contributed by atoms with Gasteiger partial charge in [0.15, 0.2) is 23.4 Å². The summed E-state index contributed by atoms with van der Waals surface area (Å²) < 4.78 is 5.72. The highest BCUT2D eigenvalue weighted by molar-refractivity contribution is 6.29. The van der Waals surface area contributed by atoms with Crippen LogP contribution in [0.15, 0.2) is 41.1 Å². The molecule has 3 atom stereocenters. The highest BCUT2D eigenvalue weighted by Crippen LogP contribution is 2.57. The average Bonchev–Trinajstić information content (AvgIpc) is 3.11. The Hall–Kier alpha value is -4.47. The fourth-order valence-corrected chi connectivity index (χ4v) is 4.86. The van der Waals surface area contributed by atoms with E-state index < -0.39 is 52.2 Å². The first-order chi connectivity index (χ1) is 17.3. The monoisotopic (exact) mass is 507 g/mol. The quantitative estimate of drug-likeness (QED) is 0.261. The van der Waals surface area contributed by atoms with Gasteiger partial charge in [0.25, 0.3) is 0 Å². The molecule has 0 radical (unpaired) electrons. The summed E-state index contributed by atoms with van der Waals surface area (Å²) in [5.74, 6) is -5.92. The third-order valence-electron chi connectivity index (χ3n) is 6.94. The van der Waals surface area contributed by atoms with Gasteiger partial charge in [-0.2, -0.15) is 0 Å². The molecule has 0 saturated heterocycles. The van der Waals surface area contributed by atoms with Crippen molar-refractivity contribution in [1.29, 1.82) is 0 Å². The van der Waals surface area contributed by atoms with Crippen LogP contribution in [0.2, 0.25) is 0 Å². The minimum absolute atomic E-state index is 0.0170. The van der Waals surface area contributed by atoms with Crippen molar-refractivity contribution in [3.8, 4) is 23.0 Å². The van der Waals surface area contributed by atoms with Crippen molar-refractivity contribution in [3.63, 3.8) is 0 Å². The Morgan fingerprint density at radius 1 is 1.08 bits per heavy atom. The van der Waals surface area contributed by atoms with E-state index in [1.807, 2.05) is 0 Å². The third-order valence-corrected chi connectivity index (χ3v) is 6.94. The van der Waals surface area contributed by atoms with E-state index in [0.717, 1.165) is 6.08 Å². The molecule has 2 aromatic rings. The molecule has 1 heterocycles. The Morgan fingerprint density at radius 2 is 1.70 bits per heavy atom. The van der Waals surface area contributed by atoms with Crippen LogP contribution in [0.4, 0.5) is 0 Å². The lowest BCUT2D eigenvalue weighted by Gasteiger charge is -2.31. The van der Waals surface area contributed by atoms with Gasteiger partial charge in [0.2, 0.25) is 0 Å². The molecule has 4 rings (SSSR count). The van der Waals surface area contributed by atoms with E-state index >= 15 is 0 Å². The molecule has 0 bridgehead atoms. The van der Waals surface area contributed by atoms with Crippen molar-refractivity contribution >= 4 is 29.0 Å². The highest BCUT2D eigenvalue weighted by Gasteiger charge is 2.57. The van der Waals surface area contributed by atoms with Crippen molar-refractivity contribution in [2.45, 2.75) is 45.6 Å². The topological polar surface area (TPSA) is 171 Å². The molecule has 0 saturated carbocycles. The normalized spacial score (nSPS) is 21.6. The summed E-state index contributed by atoms with van der Waals surface area (Å²) in [5, 5.41) is 40.5. The number of carboxylic acid groups (broad SMARTS) is 1. The number of ether oxygens (including phenoxy) is 1. The van der Waals surface area contributed by atoms with E-state index in [4.69, 9.17) is 4.74 Å². The number of carboxylic acids is 1. The number of phenols is 3. The minimum Gasteiger partial charge on any atom is -0.508 e. The van der Waals surface area contributed by atoms with Gasteiger partial charge in [-0.15, -0.1) is 0 Å². The van der Waals surface area contributed by atoms with E-state index in [1.54, 1.807) is 12.1 Å². The third kappa shape index (κ3) is 3.94. The fourth-order valence-electron chi connectivity index (χ4n) is 4.86. The number of ketones is 3. The summed E-state index contributed by atoms with van der Waals surface area (Å²) in [6.07, 6.45) is 1.03. The first-order valence-corrected chi connectivity index (χ1v) is 11.4. The van der Waals surface area contributed by atoms with Crippen molar-refractivity contribution in [2.75, 3.05) is 0 Å². The van der Waals surface area contributed by atoms with Crippen molar-refractivity contribution < 1.29 is 44.3 Å². The molecular weight excluding hydrogens is 482 g/mol. The Labute approximate surface area is 211 Å². The number of carbonyl (C=O) groups is 4. The molecule has 0 aromatic heterocycles. The second kappa shape index (κ2) is 8.88. The standard InChI is InChI=1S/C27H25NO9/c1-11-22(32)20(13(3)29)24-21(23(11)33)27(4)18(37-24)10-17(31)19(25(27)34)12(2)28-16(26(35)36)9-14-5-7-15(30)8-6-14/h5-8,10,16,19,30,32-33H,9H2,1-4H3,(H,35,36)/t16?,19?,27-/m0/s1. The predicted molar refractivity (Wildman–Crippen MR) is 130 cm³/mol. The Kier molecular flexibility index (Phi) is 6.15. The molecular formula is C27H25NO9. The molecule has 192 valence electrons. The van der Waals surface area contributed by atoms with Crippen LogP contribution in [0.3, 0.4) is 0 Å². The van der Waals surface area contributed by atoms with Crippen LogP contribution in [0, 0.1) is 12.8 Å². The molecule has 2 aliphatic rings. The summed E-state index contributed by atoms with van der Waals surface area (Å²) in [7, 11) is 0. The number of hydrogen-bond acceptors (Lipinski definition) is 9. The summed E-state index contributed by atoms with van der Waals surface area (Å²) in [4.78, 5) is 55.3. The Bertz CT molecular complexity index is 1440. The number of carbonyl (C=O) groups excluding carboxylic acids is 3. The summed E-state index contributed by atoms with van der Waals surface area (Å²) >= 11 is 0. The SMILES string of the molecule is CC(=O)c1c(O)c(C)c(O)c2c1OC1=CC(=O)C(C(C)=NC(Cc3ccc(O)cc3)C(=O)O)C(=O)[C@@]12C. The number of fused-ring (bicyclic) bond motifs is 3. The lowest BCUT2D eigenvalue weighted by molar-refractivity contribution is -0.138. The Balaban J connectivity index is 1.79. The maximum Gasteiger partial charge on any atom is 0.328 e. The lowest BCUT2D eigenvalue weighted by Crippen LogP contribution is -2.47. The molecule has 0 fully saturated rings. The zero-order valence-corrected chi connectivity index (χ0v) is 20.5. The first kappa shape index (κ1) is 25.6. The number of Topliss-reactive ketones (excluding diaryl/α,β-unsaturated/α-hetero) is 2. The summed E-state index contributed by atoms with van der Waals surface area (Å²) in [5.41, 5.74) is -1.44. The molecule has 0 amide bonds. The van der Waals surface area contributed by atoms with Crippen molar-refractivity contribution in [1.82, 2.24) is 0 Å². The van der Waals surface area contributed by atoms with E-state index in [-0.39, 0.29) is 46.1 Å². The number of aromatic hydroxyl groups is 3. The fraction of sp³-hybridized carbons (Fsp3) is 0.296. The number of allylic oxidation sites excluding steroid dienone is 2. The number of phenolic OH excluding ortho intramolecular Hbond substituents is 3. The smallest absolute Gasteiger partial charge is 0.328 e. The van der Waals surface area contributed by atoms with Crippen LogP contribution in [-0.2, 0) is 26.2 Å². The molecule has 10 nitrogen and oxygen atoms in total. The van der Waals surface area contributed by atoms with Gasteiger partial charge in [0.05, 0.1) is 5.56 Å². The number of rotatable bonds is 6. The van der Waals surface area contributed by atoms with Crippen LogP contribution in [-0.4, -0.2) is 55.5 Å². The maximum atomic E-state index is 13.9. The molecule has 10 heteroatoms. The number of aliphatic imine (C=N–C) groups is 1. The second-order valence-corrected chi connectivity index (χ2v) is 9.39. The first-order valence-electron chi connectivity index (χ1n) is 11.4. The highest BCUT2D eigenvalue weighted by atomic mass is 16.5. The number of benzene rings is 2. The van der Waals surface area contributed by atoms with Gasteiger partial charge in [-0.1, -0.05) is 12.1 Å². The molecule has 0 spiro atoms. The van der Waals surface area contributed by atoms with Gasteiger partial charge >= 0.3 is 5.97 Å². The van der Waals surface area contributed by atoms with Crippen LogP contribution in [0.5, 0.6) is 23.0 Å². The minimum atomic E-state index is -1.69. The largest absolute Gasteiger partial charge is 0.508 e. The lowest BCUT2D eigenvalue weighted by atomic mass is 9.67. The van der Waals surface area contributed by atoms with Crippen LogP contribution in [0.1, 0.15) is 47.8 Å². The Morgan fingerprint density at radius 3 is 2.27 bits per heavy atom. The maximum absolute atomic E-state index is 13.9. The number of nitrogens with zero attached hydrogens (tertiary/aromatic N) is 1.